The normalized spacial score (nSPS) is 11.5. The van der Waals surface area contributed by atoms with Crippen LogP contribution in [0.15, 0.2) is 54.7 Å². The van der Waals surface area contributed by atoms with E-state index in [0.717, 1.165) is 39.5 Å². The van der Waals surface area contributed by atoms with Crippen LogP contribution in [0.1, 0.15) is 21.6 Å². The third kappa shape index (κ3) is 2.37. The number of fused-ring (bicyclic) bond motifs is 2. The molecular weight excluding hydrogens is 310 g/mol. The van der Waals surface area contributed by atoms with Crippen LogP contribution in [0.2, 0.25) is 0 Å². The van der Waals surface area contributed by atoms with Gasteiger partial charge >= 0.3 is 0 Å². The smallest absolute Gasteiger partial charge is 0.262 e. The van der Waals surface area contributed by atoms with E-state index in [2.05, 4.69) is 12.1 Å². The van der Waals surface area contributed by atoms with Gasteiger partial charge in [-0.25, -0.2) is 0 Å². The minimum absolute atomic E-state index is 0.0000661. The Hall–Kier alpha value is -2.85. The first kappa shape index (κ1) is 15.7. The fourth-order valence-corrected chi connectivity index (χ4v) is 3.68. The molecule has 4 heteroatoms. The maximum atomic E-state index is 13.3. The average Bonchev–Trinajstić information content (AvgIpc) is 3.13. The molecule has 0 fully saturated rings. The second-order valence-electron chi connectivity index (χ2n) is 6.46. The van der Waals surface area contributed by atoms with E-state index in [1.807, 2.05) is 65.7 Å². The molecule has 4 nitrogen and oxygen atoms in total. The van der Waals surface area contributed by atoms with E-state index in [9.17, 15) is 4.79 Å². The molecule has 0 unspecified atom stereocenters. The van der Waals surface area contributed by atoms with Crippen LogP contribution >= 0.6 is 0 Å². The first-order valence-electron chi connectivity index (χ1n) is 8.50. The van der Waals surface area contributed by atoms with Gasteiger partial charge in [0.25, 0.3) is 5.91 Å². The van der Waals surface area contributed by atoms with Crippen molar-refractivity contribution in [2.45, 2.75) is 13.3 Å². The van der Waals surface area contributed by atoms with Crippen molar-refractivity contribution in [3.8, 4) is 0 Å². The number of benzene rings is 2. The van der Waals surface area contributed by atoms with E-state index < -0.39 is 0 Å². The van der Waals surface area contributed by atoms with Crippen molar-refractivity contribution >= 4 is 27.7 Å². The van der Waals surface area contributed by atoms with Gasteiger partial charge in [0.05, 0.1) is 5.52 Å². The second-order valence-corrected chi connectivity index (χ2v) is 6.46. The van der Waals surface area contributed by atoms with Crippen molar-refractivity contribution in [1.82, 2.24) is 9.13 Å². The molecule has 4 rings (SSSR count). The molecule has 2 aromatic carbocycles. The van der Waals surface area contributed by atoms with Gasteiger partial charge in [0.2, 0.25) is 0 Å². The molecule has 0 bridgehead atoms. The molecule has 2 heterocycles. The lowest BCUT2D eigenvalue weighted by Crippen LogP contribution is -2.14. The maximum Gasteiger partial charge on any atom is 0.262 e. The minimum Gasteiger partial charge on any atom is -0.351 e. The van der Waals surface area contributed by atoms with Gasteiger partial charge in [0.1, 0.15) is 0 Å². The van der Waals surface area contributed by atoms with Gasteiger partial charge in [0, 0.05) is 35.4 Å². The molecule has 2 aromatic heterocycles. The minimum atomic E-state index is 0.0000661. The number of carbonyl (C=O) groups excluding carboxylic acids is 1. The van der Waals surface area contributed by atoms with Crippen LogP contribution in [-0.4, -0.2) is 21.6 Å². The topological polar surface area (TPSA) is 52.9 Å². The first-order valence-corrected chi connectivity index (χ1v) is 8.50. The number of hydrogen-bond acceptors (Lipinski definition) is 2. The molecule has 0 aliphatic rings. The average molecular weight is 331 g/mol. The van der Waals surface area contributed by atoms with Crippen LogP contribution in [0.5, 0.6) is 0 Å². The zero-order valence-electron chi connectivity index (χ0n) is 14.5. The Morgan fingerprint density at radius 1 is 1.08 bits per heavy atom. The molecule has 0 amide bonds. The Balaban J connectivity index is 1.92. The summed E-state index contributed by atoms with van der Waals surface area (Å²) in [6.45, 7) is 2.57. The summed E-state index contributed by atoms with van der Waals surface area (Å²) in [5.41, 5.74) is 10.6. The summed E-state index contributed by atoms with van der Waals surface area (Å²) < 4.78 is 3.86. The van der Waals surface area contributed by atoms with Gasteiger partial charge in [-0.3, -0.25) is 9.36 Å². The quantitative estimate of drug-likeness (QED) is 0.623. The van der Waals surface area contributed by atoms with Gasteiger partial charge in [-0.2, -0.15) is 0 Å². The summed E-state index contributed by atoms with van der Waals surface area (Å²) in [5, 5.41) is 2.25. The largest absolute Gasteiger partial charge is 0.351 e. The van der Waals surface area contributed by atoms with Crippen LogP contribution < -0.4 is 5.73 Å². The number of nitrogens with two attached hydrogens (primary N) is 1. The molecule has 4 aromatic rings. The number of rotatable bonds is 3. The number of aromatic nitrogens is 2. The van der Waals surface area contributed by atoms with E-state index in [-0.39, 0.29) is 5.91 Å². The van der Waals surface area contributed by atoms with Crippen molar-refractivity contribution in [2.75, 3.05) is 6.54 Å². The predicted molar refractivity (Wildman–Crippen MR) is 102 cm³/mol. The molecular formula is C21H21N3O. The van der Waals surface area contributed by atoms with Crippen LogP contribution in [0.3, 0.4) is 0 Å². The lowest BCUT2D eigenvalue weighted by Gasteiger charge is -2.08. The standard InChI is InChI=1S/C21H21N3O/c1-14-17(9-11-22)18-5-3-4-6-19(18)24(14)21(25)16-8-7-15-10-12-23(2)20(15)13-16/h3-8,10,12-13H,9,11,22H2,1-2H3. The summed E-state index contributed by atoms with van der Waals surface area (Å²) in [5.74, 6) is 0.0000661. The van der Waals surface area contributed by atoms with E-state index in [1.165, 1.54) is 0 Å². The molecule has 0 atom stereocenters. The van der Waals surface area contributed by atoms with Crippen molar-refractivity contribution in [2.24, 2.45) is 12.8 Å². The van der Waals surface area contributed by atoms with Gasteiger partial charge in [-0.05, 0) is 55.1 Å². The van der Waals surface area contributed by atoms with Crippen molar-refractivity contribution in [3.63, 3.8) is 0 Å². The molecule has 0 saturated heterocycles. The van der Waals surface area contributed by atoms with Crippen molar-refractivity contribution < 1.29 is 4.79 Å². The van der Waals surface area contributed by atoms with Gasteiger partial charge in [-0.15, -0.1) is 0 Å². The van der Waals surface area contributed by atoms with Crippen LogP contribution in [0, 0.1) is 6.92 Å². The molecule has 0 aliphatic carbocycles. The summed E-state index contributed by atoms with van der Waals surface area (Å²) in [4.78, 5) is 13.3. The molecule has 2 N–H and O–H groups in total. The summed E-state index contributed by atoms with van der Waals surface area (Å²) in [6.07, 6.45) is 2.78. The fourth-order valence-electron chi connectivity index (χ4n) is 3.68. The zero-order valence-corrected chi connectivity index (χ0v) is 14.5. The van der Waals surface area contributed by atoms with E-state index in [0.29, 0.717) is 12.1 Å². The van der Waals surface area contributed by atoms with Crippen molar-refractivity contribution in [1.29, 1.82) is 0 Å². The zero-order chi connectivity index (χ0) is 17.6. The lowest BCUT2D eigenvalue weighted by molar-refractivity contribution is 0.0963. The number of aryl methyl sites for hydroxylation is 1. The highest BCUT2D eigenvalue weighted by atomic mass is 16.2. The Morgan fingerprint density at radius 2 is 1.88 bits per heavy atom. The fraction of sp³-hybridized carbons (Fsp3) is 0.190. The Labute approximate surface area is 146 Å². The Bertz CT molecular complexity index is 1100. The van der Waals surface area contributed by atoms with E-state index in [1.54, 1.807) is 0 Å². The van der Waals surface area contributed by atoms with E-state index >= 15 is 0 Å². The van der Waals surface area contributed by atoms with Crippen LogP contribution in [-0.2, 0) is 13.5 Å². The van der Waals surface area contributed by atoms with Crippen molar-refractivity contribution in [3.05, 3.63) is 71.5 Å². The highest BCUT2D eigenvalue weighted by Crippen LogP contribution is 2.27. The number of para-hydroxylation sites is 1. The van der Waals surface area contributed by atoms with Gasteiger partial charge < -0.3 is 10.3 Å². The molecule has 0 saturated carbocycles. The summed E-state index contributed by atoms with van der Waals surface area (Å²) in [7, 11) is 1.99. The molecule has 0 aliphatic heterocycles. The SMILES string of the molecule is Cc1c(CCN)c2ccccc2n1C(=O)c1ccc2ccn(C)c2c1. The first-order chi connectivity index (χ1) is 12.1. The number of hydrogen-bond donors (Lipinski definition) is 1. The third-order valence-corrected chi connectivity index (χ3v) is 4.97. The van der Waals surface area contributed by atoms with Crippen LogP contribution in [0.4, 0.5) is 0 Å². The second kappa shape index (κ2) is 5.90. The van der Waals surface area contributed by atoms with Gasteiger partial charge in [-0.1, -0.05) is 24.3 Å². The van der Waals surface area contributed by atoms with Gasteiger partial charge in [0.15, 0.2) is 0 Å². The Kier molecular flexibility index (Phi) is 3.70. The third-order valence-electron chi connectivity index (χ3n) is 4.97. The monoisotopic (exact) mass is 331 g/mol. The highest BCUT2D eigenvalue weighted by Gasteiger charge is 2.19. The maximum absolute atomic E-state index is 13.3. The molecule has 0 spiro atoms. The lowest BCUT2D eigenvalue weighted by atomic mass is 10.1. The summed E-state index contributed by atoms with van der Waals surface area (Å²) in [6, 6.07) is 16.0. The molecule has 126 valence electrons. The predicted octanol–water partition coefficient (Wildman–Crippen LogP) is 3.63. The Morgan fingerprint density at radius 3 is 2.68 bits per heavy atom. The molecule has 0 radical (unpaired) electrons. The highest BCUT2D eigenvalue weighted by molar-refractivity contribution is 6.05. The molecule has 25 heavy (non-hydrogen) atoms. The number of carbonyl (C=O) groups is 1. The van der Waals surface area contributed by atoms with E-state index in [4.69, 9.17) is 5.73 Å². The van der Waals surface area contributed by atoms with Crippen LogP contribution in [0.25, 0.3) is 21.8 Å². The summed E-state index contributed by atoms with van der Waals surface area (Å²) >= 11 is 0. The number of nitrogens with zero attached hydrogens (tertiary/aromatic N) is 2.